The van der Waals surface area contributed by atoms with Crippen LogP contribution in [0.25, 0.3) is 0 Å². The molecule has 1 heterocycles. The maximum atomic E-state index is 9.97. The second-order valence-electron chi connectivity index (χ2n) is 4.59. The molecule has 7 heteroatoms. The number of anilines is 1. The molecule has 1 aliphatic heterocycles. The lowest BCUT2D eigenvalue weighted by atomic mass is 9.99. The average Bonchev–Trinajstić information content (AvgIpc) is 2.45. The van der Waals surface area contributed by atoms with Gasteiger partial charge in [0.1, 0.15) is 30.2 Å². The Hall–Kier alpha value is -1.38. The van der Waals surface area contributed by atoms with Crippen LogP contribution in [0.15, 0.2) is 24.3 Å². The van der Waals surface area contributed by atoms with Crippen LogP contribution in [0.1, 0.15) is 0 Å². The number of hydrogen-bond donors (Lipinski definition) is 4. The zero-order chi connectivity index (χ0) is 14.7. The second-order valence-corrected chi connectivity index (χ2v) is 4.59. The van der Waals surface area contributed by atoms with Gasteiger partial charge in [0.05, 0.1) is 6.61 Å². The molecule has 1 aromatic rings. The highest BCUT2D eigenvalue weighted by Gasteiger charge is 2.45. The van der Waals surface area contributed by atoms with Gasteiger partial charge < -0.3 is 35.3 Å². The van der Waals surface area contributed by atoms with Crippen molar-refractivity contribution in [2.45, 2.75) is 30.7 Å². The zero-order valence-corrected chi connectivity index (χ0v) is 11.0. The van der Waals surface area contributed by atoms with Gasteiger partial charge in [-0.05, 0) is 24.3 Å². The Morgan fingerprint density at radius 3 is 2.40 bits per heavy atom. The van der Waals surface area contributed by atoms with E-state index in [0.717, 1.165) is 0 Å². The first-order valence-electron chi connectivity index (χ1n) is 6.24. The van der Waals surface area contributed by atoms with Gasteiger partial charge in [-0.15, -0.1) is 0 Å². The van der Waals surface area contributed by atoms with E-state index in [4.69, 9.17) is 25.1 Å². The van der Waals surface area contributed by atoms with E-state index >= 15 is 0 Å². The third-order valence-electron chi connectivity index (χ3n) is 3.23. The van der Waals surface area contributed by atoms with E-state index in [1.807, 2.05) is 0 Å². The minimum Gasteiger partial charge on any atom is -0.462 e. The number of aliphatic hydroxyl groups excluding tert-OH is 3. The van der Waals surface area contributed by atoms with Crippen molar-refractivity contribution < 1.29 is 29.5 Å². The molecule has 0 spiro atoms. The number of ether oxygens (including phenoxy) is 3. The number of rotatable bonds is 4. The molecule has 0 aliphatic carbocycles. The topological polar surface area (TPSA) is 114 Å². The maximum Gasteiger partial charge on any atom is 0.229 e. The van der Waals surface area contributed by atoms with E-state index in [2.05, 4.69) is 0 Å². The summed E-state index contributed by atoms with van der Waals surface area (Å²) in [5.41, 5.74) is 6.17. The molecule has 0 aromatic heterocycles. The average molecular weight is 285 g/mol. The summed E-state index contributed by atoms with van der Waals surface area (Å²) in [5, 5.41) is 28.9. The van der Waals surface area contributed by atoms with Crippen LogP contribution in [-0.4, -0.2) is 59.7 Å². The van der Waals surface area contributed by atoms with E-state index in [1.165, 1.54) is 7.11 Å². The van der Waals surface area contributed by atoms with Crippen LogP contribution in [0.2, 0.25) is 0 Å². The van der Waals surface area contributed by atoms with Crippen LogP contribution in [0.3, 0.4) is 0 Å². The predicted octanol–water partition coefficient (Wildman–Crippen LogP) is -0.898. The smallest absolute Gasteiger partial charge is 0.229 e. The van der Waals surface area contributed by atoms with E-state index in [9.17, 15) is 10.2 Å². The van der Waals surface area contributed by atoms with Crippen LogP contribution in [0.5, 0.6) is 5.75 Å². The van der Waals surface area contributed by atoms with Crippen molar-refractivity contribution in [2.24, 2.45) is 0 Å². The lowest BCUT2D eigenvalue weighted by Gasteiger charge is -2.41. The molecule has 0 bridgehead atoms. The third kappa shape index (κ3) is 3.02. The largest absolute Gasteiger partial charge is 0.462 e. The van der Waals surface area contributed by atoms with Gasteiger partial charge in [0.25, 0.3) is 0 Å². The highest BCUT2D eigenvalue weighted by Crippen LogP contribution is 2.26. The zero-order valence-electron chi connectivity index (χ0n) is 11.0. The van der Waals surface area contributed by atoms with Gasteiger partial charge >= 0.3 is 0 Å². The summed E-state index contributed by atoms with van der Waals surface area (Å²) in [6.45, 7) is -0.434. The van der Waals surface area contributed by atoms with Gasteiger partial charge in [-0.2, -0.15) is 0 Å². The predicted molar refractivity (Wildman–Crippen MR) is 70.0 cm³/mol. The first-order chi connectivity index (χ1) is 9.56. The highest BCUT2D eigenvalue weighted by molar-refractivity contribution is 5.41. The van der Waals surface area contributed by atoms with Gasteiger partial charge in [0.15, 0.2) is 0 Å². The fourth-order valence-electron chi connectivity index (χ4n) is 2.08. The Bertz CT molecular complexity index is 425. The Kier molecular flexibility index (Phi) is 4.79. The van der Waals surface area contributed by atoms with Crippen LogP contribution in [-0.2, 0) is 9.47 Å². The Balaban J connectivity index is 2.13. The maximum absolute atomic E-state index is 9.97. The first-order valence-corrected chi connectivity index (χ1v) is 6.24. The molecule has 1 fully saturated rings. The monoisotopic (exact) mass is 285 g/mol. The summed E-state index contributed by atoms with van der Waals surface area (Å²) in [5.74, 6) is 0.478. The Morgan fingerprint density at radius 1 is 1.20 bits per heavy atom. The fraction of sp³-hybridized carbons (Fsp3) is 0.538. The van der Waals surface area contributed by atoms with Gasteiger partial charge in [0.2, 0.25) is 6.29 Å². The van der Waals surface area contributed by atoms with Gasteiger partial charge in [0, 0.05) is 12.8 Å². The number of benzene rings is 1. The van der Waals surface area contributed by atoms with E-state index in [-0.39, 0.29) is 0 Å². The van der Waals surface area contributed by atoms with Crippen molar-refractivity contribution >= 4 is 5.69 Å². The number of nitrogen functional groups attached to an aromatic ring is 1. The highest BCUT2D eigenvalue weighted by atomic mass is 16.7. The summed E-state index contributed by atoms with van der Waals surface area (Å²) in [7, 11) is 1.38. The summed E-state index contributed by atoms with van der Waals surface area (Å²) >= 11 is 0. The lowest BCUT2D eigenvalue weighted by Crippen LogP contribution is -2.60. The van der Waals surface area contributed by atoms with E-state index < -0.39 is 37.3 Å². The molecule has 5 atom stereocenters. The van der Waals surface area contributed by atoms with Gasteiger partial charge in [-0.3, -0.25) is 0 Å². The van der Waals surface area contributed by atoms with Gasteiger partial charge in [-0.1, -0.05) is 0 Å². The molecule has 1 aromatic carbocycles. The quantitative estimate of drug-likeness (QED) is 0.530. The molecule has 7 nitrogen and oxygen atoms in total. The third-order valence-corrected chi connectivity index (χ3v) is 3.23. The number of nitrogens with two attached hydrogens (primary N) is 1. The number of hydrogen-bond acceptors (Lipinski definition) is 7. The molecular weight excluding hydrogens is 266 g/mol. The summed E-state index contributed by atoms with van der Waals surface area (Å²) < 4.78 is 16.1. The molecule has 0 amide bonds. The number of methoxy groups -OCH3 is 1. The first kappa shape index (κ1) is 15.0. The molecule has 0 unspecified atom stereocenters. The van der Waals surface area contributed by atoms with Crippen molar-refractivity contribution in [3.63, 3.8) is 0 Å². The molecule has 1 aliphatic rings. The molecule has 20 heavy (non-hydrogen) atoms. The molecule has 1 saturated heterocycles. The lowest BCUT2D eigenvalue weighted by molar-refractivity contribution is -0.282. The molecule has 2 rings (SSSR count). The van der Waals surface area contributed by atoms with Crippen molar-refractivity contribution in [3.8, 4) is 5.75 Å². The van der Waals surface area contributed by atoms with Crippen LogP contribution in [0.4, 0.5) is 5.69 Å². The van der Waals surface area contributed by atoms with E-state index in [0.29, 0.717) is 11.4 Å². The SMILES string of the molecule is CO[C@H]1[C@H](Oc2ccc(N)cc2)O[C@H](CO)[C@H](O)[C@@H]1O. The molecule has 112 valence electrons. The van der Waals surface area contributed by atoms with Gasteiger partial charge in [-0.25, -0.2) is 0 Å². The van der Waals surface area contributed by atoms with Crippen LogP contribution < -0.4 is 10.5 Å². The minimum atomic E-state index is -1.24. The summed E-state index contributed by atoms with van der Waals surface area (Å²) in [6.07, 6.45) is -5.21. The summed E-state index contributed by atoms with van der Waals surface area (Å²) in [6, 6.07) is 6.62. The molecule has 0 saturated carbocycles. The van der Waals surface area contributed by atoms with Crippen molar-refractivity contribution in [1.82, 2.24) is 0 Å². The summed E-state index contributed by atoms with van der Waals surface area (Å²) in [4.78, 5) is 0. The van der Waals surface area contributed by atoms with Crippen molar-refractivity contribution in [2.75, 3.05) is 19.5 Å². The molecule has 0 radical (unpaired) electrons. The Morgan fingerprint density at radius 2 is 1.85 bits per heavy atom. The molecular formula is C13H19NO6. The van der Waals surface area contributed by atoms with Crippen LogP contribution in [0, 0.1) is 0 Å². The normalized spacial score (nSPS) is 33.9. The van der Waals surface area contributed by atoms with E-state index in [1.54, 1.807) is 24.3 Å². The van der Waals surface area contributed by atoms with Crippen LogP contribution >= 0.6 is 0 Å². The minimum absolute atomic E-state index is 0.434. The second kappa shape index (κ2) is 6.38. The molecule has 5 N–H and O–H groups in total. The Labute approximate surface area is 116 Å². The van der Waals surface area contributed by atoms with Crippen molar-refractivity contribution in [3.05, 3.63) is 24.3 Å². The number of aliphatic hydroxyl groups is 3. The van der Waals surface area contributed by atoms with Crippen molar-refractivity contribution in [1.29, 1.82) is 0 Å². The standard InChI is InChI=1S/C13H19NO6/c1-18-12-11(17)10(16)9(6-15)20-13(12)19-8-4-2-7(14)3-5-8/h2-5,9-13,15-17H,6,14H2,1H3/t9-,10+,11+,12-,13-/m1/s1. The fourth-order valence-corrected chi connectivity index (χ4v) is 2.08.